The van der Waals surface area contributed by atoms with Gasteiger partial charge in [-0.3, -0.25) is 0 Å². The molecule has 1 aromatic carbocycles. The van der Waals surface area contributed by atoms with E-state index in [0.717, 1.165) is 10.0 Å². The molecule has 0 atom stereocenters. The predicted octanol–water partition coefficient (Wildman–Crippen LogP) is 3.14. The van der Waals surface area contributed by atoms with Crippen molar-refractivity contribution in [2.75, 3.05) is 5.73 Å². The first-order chi connectivity index (χ1) is 7.16. The molecular formula is C10H7BrClN3. The first-order valence-corrected chi connectivity index (χ1v) is 5.37. The molecule has 3 nitrogen and oxygen atoms in total. The average molecular weight is 285 g/mol. The van der Waals surface area contributed by atoms with E-state index in [0.29, 0.717) is 16.5 Å². The number of halogens is 2. The van der Waals surface area contributed by atoms with E-state index in [4.69, 9.17) is 17.3 Å². The van der Waals surface area contributed by atoms with Crippen LogP contribution in [0.5, 0.6) is 0 Å². The van der Waals surface area contributed by atoms with E-state index in [1.54, 1.807) is 18.5 Å². The van der Waals surface area contributed by atoms with Gasteiger partial charge in [-0.15, -0.1) is 0 Å². The quantitative estimate of drug-likeness (QED) is 0.875. The van der Waals surface area contributed by atoms with Gasteiger partial charge >= 0.3 is 0 Å². The molecule has 0 saturated heterocycles. The van der Waals surface area contributed by atoms with Crippen molar-refractivity contribution in [3.05, 3.63) is 40.1 Å². The summed E-state index contributed by atoms with van der Waals surface area (Å²) in [5.41, 5.74) is 6.91. The molecule has 1 heterocycles. The Morgan fingerprint density at radius 3 is 2.47 bits per heavy atom. The molecule has 0 aliphatic heterocycles. The summed E-state index contributed by atoms with van der Waals surface area (Å²) < 4.78 is 0.850. The van der Waals surface area contributed by atoms with Gasteiger partial charge in [0.15, 0.2) is 5.82 Å². The summed E-state index contributed by atoms with van der Waals surface area (Å²) in [5.74, 6) is 0.610. The van der Waals surface area contributed by atoms with Crippen LogP contribution >= 0.6 is 27.5 Å². The summed E-state index contributed by atoms with van der Waals surface area (Å²) >= 11 is 9.29. The van der Waals surface area contributed by atoms with Crippen LogP contribution in [0.1, 0.15) is 0 Å². The van der Waals surface area contributed by atoms with Gasteiger partial charge in [0.05, 0.1) is 23.1 Å². The number of rotatable bonds is 1. The Hall–Kier alpha value is -1.13. The van der Waals surface area contributed by atoms with Gasteiger partial charge in [-0.2, -0.15) is 0 Å². The fourth-order valence-electron chi connectivity index (χ4n) is 1.12. The summed E-state index contributed by atoms with van der Waals surface area (Å²) in [5, 5.41) is 0.632. The van der Waals surface area contributed by atoms with E-state index in [-0.39, 0.29) is 0 Å². The molecule has 15 heavy (non-hydrogen) atoms. The average Bonchev–Trinajstić information content (AvgIpc) is 2.23. The molecule has 2 aromatic rings. The maximum Gasteiger partial charge on any atom is 0.159 e. The van der Waals surface area contributed by atoms with Crippen molar-refractivity contribution in [3.63, 3.8) is 0 Å². The molecule has 0 bridgehead atoms. The van der Waals surface area contributed by atoms with Crippen LogP contribution in [-0.4, -0.2) is 9.97 Å². The predicted molar refractivity (Wildman–Crippen MR) is 64.6 cm³/mol. The van der Waals surface area contributed by atoms with E-state index >= 15 is 0 Å². The Balaban J connectivity index is 2.45. The highest BCUT2D eigenvalue weighted by atomic mass is 79.9. The van der Waals surface area contributed by atoms with Crippen molar-refractivity contribution in [1.29, 1.82) is 0 Å². The van der Waals surface area contributed by atoms with Crippen LogP contribution in [0.15, 0.2) is 35.1 Å². The number of nitrogens with zero attached hydrogens (tertiary/aromatic N) is 2. The van der Waals surface area contributed by atoms with Gasteiger partial charge in [0, 0.05) is 10.0 Å². The first kappa shape index (κ1) is 10.4. The van der Waals surface area contributed by atoms with E-state index < -0.39 is 0 Å². The second-order valence-electron chi connectivity index (χ2n) is 2.97. The minimum Gasteiger partial charge on any atom is -0.396 e. The SMILES string of the molecule is Nc1cnc(-c2ccc(Br)c(Cl)c2)nc1. The highest BCUT2D eigenvalue weighted by Gasteiger charge is 2.03. The Morgan fingerprint density at radius 2 is 1.87 bits per heavy atom. The van der Waals surface area contributed by atoms with Crippen LogP contribution < -0.4 is 5.73 Å². The molecule has 5 heteroatoms. The number of nitrogen functional groups attached to an aromatic ring is 1. The summed E-state index contributed by atoms with van der Waals surface area (Å²) in [4.78, 5) is 8.22. The van der Waals surface area contributed by atoms with Crippen molar-refractivity contribution in [1.82, 2.24) is 9.97 Å². The fourth-order valence-corrected chi connectivity index (χ4v) is 1.55. The Bertz CT molecular complexity index is 485. The Morgan fingerprint density at radius 1 is 1.20 bits per heavy atom. The van der Waals surface area contributed by atoms with Crippen molar-refractivity contribution < 1.29 is 0 Å². The molecule has 1 aromatic heterocycles. The van der Waals surface area contributed by atoms with E-state index in [9.17, 15) is 0 Å². The topological polar surface area (TPSA) is 51.8 Å². The monoisotopic (exact) mass is 283 g/mol. The van der Waals surface area contributed by atoms with Crippen LogP contribution in [0, 0.1) is 0 Å². The summed E-state index contributed by atoms with van der Waals surface area (Å²) in [6.07, 6.45) is 3.14. The third-order valence-corrected chi connectivity index (χ3v) is 3.08. The van der Waals surface area contributed by atoms with Crippen molar-refractivity contribution >= 4 is 33.2 Å². The third-order valence-electron chi connectivity index (χ3n) is 1.85. The maximum atomic E-state index is 5.97. The lowest BCUT2D eigenvalue weighted by atomic mass is 10.2. The van der Waals surface area contributed by atoms with Gasteiger partial charge in [-0.05, 0) is 34.1 Å². The van der Waals surface area contributed by atoms with Gasteiger partial charge in [0.2, 0.25) is 0 Å². The van der Waals surface area contributed by atoms with E-state index in [1.165, 1.54) is 0 Å². The second-order valence-corrected chi connectivity index (χ2v) is 4.23. The van der Waals surface area contributed by atoms with E-state index in [2.05, 4.69) is 25.9 Å². The molecule has 2 rings (SSSR count). The van der Waals surface area contributed by atoms with Crippen LogP contribution in [-0.2, 0) is 0 Å². The highest BCUT2D eigenvalue weighted by molar-refractivity contribution is 9.10. The number of aromatic nitrogens is 2. The highest BCUT2D eigenvalue weighted by Crippen LogP contribution is 2.26. The smallest absolute Gasteiger partial charge is 0.159 e. The third kappa shape index (κ3) is 2.27. The lowest BCUT2D eigenvalue weighted by Crippen LogP contribution is -1.92. The number of benzene rings is 1. The zero-order valence-corrected chi connectivity index (χ0v) is 9.96. The Labute approximate surface area is 100 Å². The number of hydrogen-bond acceptors (Lipinski definition) is 3. The van der Waals surface area contributed by atoms with Crippen LogP contribution in [0.25, 0.3) is 11.4 Å². The molecule has 0 spiro atoms. The van der Waals surface area contributed by atoms with Crippen molar-refractivity contribution in [3.8, 4) is 11.4 Å². The molecule has 2 N–H and O–H groups in total. The minimum absolute atomic E-state index is 0.543. The molecular weight excluding hydrogens is 277 g/mol. The Kier molecular flexibility index (Phi) is 2.88. The lowest BCUT2D eigenvalue weighted by molar-refractivity contribution is 1.18. The molecule has 0 aliphatic rings. The first-order valence-electron chi connectivity index (χ1n) is 4.20. The van der Waals surface area contributed by atoms with Gasteiger partial charge in [0.1, 0.15) is 0 Å². The van der Waals surface area contributed by atoms with Crippen LogP contribution in [0.2, 0.25) is 5.02 Å². The van der Waals surface area contributed by atoms with E-state index in [1.807, 2.05) is 12.1 Å². The van der Waals surface area contributed by atoms with Crippen molar-refractivity contribution in [2.24, 2.45) is 0 Å². The van der Waals surface area contributed by atoms with Crippen LogP contribution in [0.4, 0.5) is 5.69 Å². The van der Waals surface area contributed by atoms with Gasteiger partial charge in [-0.25, -0.2) is 9.97 Å². The normalized spacial score (nSPS) is 10.3. The zero-order chi connectivity index (χ0) is 10.8. The fraction of sp³-hybridized carbons (Fsp3) is 0. The van der Waals surface area contributed by atoms with Gasteiger partial charge in [-0.1, -0.05) is 11.6 Å². The number of hydrogen-bond donors (Lipinski definition) is 1. The van der Waals surface area contributed by atoms with Gasteiger partial charge < -0.3 is 5.73 Å². The summed E-state index contributed by atoms with van der Waals surface area (Å²) in [6.45, 7) is 0. The lowest BCUT2D eigenvalue weighted by Gasteiger charge is -2.01. The zero-order valence-electron chi connectivity index (χ0n) is 7.61. The molecule has 0 saturated carbocycles. The second kappa shape index (κ2) is 4.16. The van der Waals surface area contributed by atoms with Gasteiger partial charge in [0.25, 0.3) is 0 Å². The molecule has 0 aliphatic carbocycles. The van der Waals surface area contributed by atoms with Crippen LogP contribution in [0.3, 0.4) is 0 Å². The molecule has 0 fully saturated rings. The maximum absolute atomic E-state index is 5.97. The minimum atomic E-state index is 0.543. The number of anilines is 1. The molecule has 76 valence electrons. The molecule has 0 radical (unpaired) electrons. The summed E-state index contributed by atoms with van der Waals surface area (Å²) in [6, 6.07) is 5.55. The number of nitrogens with two attached hydrogens (primary N) is 1. The standard InChI is InChI=1S/C10H7BrClN3/c11-8-2-1-6(3-9(8)12)10-14-4-7(13)5-15-10/h1-5H,13H2. The molecule has 0 amide bonds. The molecule has 0 unspecified atom stereocenters. The summed E-state index contributed by atoms with van der Waals surface area (Å²) in [7, 11) is 0. The van der Waals surface area contributed by atoms with Crippen molar-refractivity contribution in [2.45, 2.75) is 0 Å². The largest absolute Gasteiger partial charge is 0.396 e.